The first kappa shape index (κ1) is 27.2. The number of aryl methyl sites for hydroxylation is 1. The van der Waals surface area contributed by atoms with Gasteiger partial charge in [0.1, 0.15) is 11.8 Å². The van der Waals surface area contributed by atoms with Crippen molar-refractivity contribution in [3.63, 3.8) is 0 Å². The summed E-state index contributed by atoms with van der Waals surface area (Å²) in [7, 11) is 0. The number of hydrogen-bond acceptors (Lipinski definition) is 3. The minimum Gasteiger partial charge on any atom is -0.508 e. The molecule has 4 aromatic rings. The normalized spacial score (nSPS) is 14.9. The molecule has 0 aliphatic carbocycles. The summed E-state index contributed by atoms with van der Waals surface area (Å²) >= 11 is 0. The minimum absolute atomic E-state index is 0.143. The van der Waals surface area contributed by atoms with Crippen LogP contribution in [0, 0.1) is 0 Å². The van der Waals surface area contributed by atoms with Crippen molar-refractivity contribution < 1.29 is 14.7 Å². The van der Waals surface area contributed by atoms with E-state index in [0.717, 1.165) is 40.7 Å². The fourth-order valence-corrected chi connectivity index (χ4v) is 5.29. The molecule has 0 saturated heterocycles. The van der Waals surface area contributed by atoms with Crippen molar-refractivity contribution in [2.45, 2.75) is 58.0 Å². The molecule has 1 aliphatic heterocycles. The highest BCUT2D eigenvalue weighted by Gasteiger charge is 2.34. The molecule has 5 nitrogen and oxygen atoms in total. The lowest BCUT2D eigenvalue weighted by Gasteiger charge is -2.26. The van der Waals surface area contributed by atoms with Gasteiger partial charge in [-0.15, -0.1) is 0 Å². The molecule has 1 aliphatic rings. The fraction of sp³-hybridized carbons (Fsp3) is 0.257. The second-order valence-corrected chi connectivity index (χ2v) is 10.5. The molecule has 0 aromatic heterocycles. The number of phenolic OH excluding ortho intramolecular Hbond substituents is 1. The van der Waals surface area contributed by atoms with Crippen molar-refractivity contribution in [2.75, 3.05) is 4.90 Å². The van der Waals surface area contributed by atoms with Gasteiger partial charge in [-0.25, -0.2) is 0 Å². The smallest absolute Gasteiger partial charge is 0.254 e. The predicted octanol–water partition coefficient (Wildman–Crippen LogP) is 7.07. The molecule has 5 heteroatoms. The quantitative estimate of drug-likeness (QED) is 0.215. The third-order valence-electron chi connectivity index (χ3n) is 7.56. The van der Waals surface area contributed by atoms with E-state index in [9.17, 15) is 14.7 Å². The highest BCUT2D eigenvalue weighted by molar-refractivity contribution is 6.11. The second kappa shape index (κ2) is 12.6. The molecular formula is C35H36N2O3. The summed E-state index contributed by atoms with van der Waals surface area (Å²) in [5, 5.41) is 12.7. The molecule has 1 heterocycles. The van der Waals surface area contributed by atoms with Crippen LogP contribution >= 0.6 is 0 Å². The average molecular weight is 533 g/mol. The number of anilines is 1. The van der Waals surface area contributed by atoms with E-state index in [0.29, 0.717) is 24.2 Å². The van der Waals surface area contributed by atoms with E-state index < -0.39 is 6.04 Å². The molecule has 4 aromatic carbocycles. The van der Waals surface area contributed by atoms with Crippen molar-refractivity contribution >= 4 is 17.5 Å². The Kier molecular flexibility index (Phi) is 8.60. The number of hydrogen-bond donors (Lipinski definition) is 2. The van der Waals surface area contributed by atoms with E-state index >= 15 is 0 Å². The Hall–Kier alpha value is -4.38. The molecule has 0 unspecified atom stereocenters. The van der Waals surface area contributed by atoms with Crippen LogP contribution in [0.2, 0.25) is 0 Å². The molecule has 0 radical (unpaired) electrons. The molecule has 5 rings (SSSR count). The van der Waals surface area contributed by atoms with E-state index in [-0.39, 0.29) is 17.6 Å². The summed E-state index contributed by atoms with van der Waals surface area (Å²) in [5.74, 6) is -0.221. The van der Waals surface area contributed by atoms with Crippen LogP contribution in [-0.2, 0) is 24.2 Å². The van der Waals surface area contributed by atoms with Crippen LogP contribution < -0.4 is 10.2 Å². The van der Waals surface area contributed by atoms with Gasteiger partial charge in [-0.05, 0) is 64.9 Å². The maximum absolute atomic E-state index is 14.1. The molecule has 0 saturated carbocycles. The SMILES string of the molecule is CCCCCCc1ccc2c(c1)N(Cc1ccc(-c3ccccc3)cc1)C(=O)[C@H](Cc1ccc(O)cc1)NC2=O. The van der Waals surface area contributed by atoms with Crippen molar-refractivity contribution in [1.82, 2.24) is 5.32 Å². The van der Waals surface area contributed by atoms with Gasteiger partial charge in [0, 0.05) is 6.42 Å². The van der Waals surface area contributed by atoms with Gasteiger partial charge in [0.2, 0.25) is 5.91 Å². The number of aromatic hydroxyl groups is 1. The van der Waals surface area contributed by atoms with E-state index in [1.165, 1.54) is 19.3 Å². The lowest BCUT2D eigenvalue weighted by Crippen LogP contribution is -2.46. The van der Waals surface area contributed by atoms with E-state index in [1.807, 2.05) is 36.4 Å². The molecule has 204 valence electrons. The van der Waals surface area contributed by atoms with Gasteiger partial charge in [-0.2, -0.15) is 0 Å². The Labute approximate surface area is 236 Å². The van der Waals surface area contributed by atoms with Crippen molar-refractivity contribution in [2.24, 2.45) is 0 Å². The third-order valence-corrected chi connectivity index (χ3v) is 7.56. The Morgan fingerprint density at radius 1 is 0.750 bits per heavy atom. The lowest BCUT2D eigenvalue weighted by molar-refractivity contribution is -0.120. The highest BCUT2D eigenvalue weighted by Crippen LogP contribution is 2.30. The van der Waals surface area contributed by atoms with Crippen LogP contribution in [0.1, 0.15) is 59.7 Å². The number of nitrogens with one attached hydrogen (secondary N) is 1. The number of carbonyl (C=O) groups excluding carboxylic acids is 2. The van der Waals surface area contributed by atoms with Gasteiger partial charge in [-0.3, -0.25) is 9.59 Å². The summed E-state index contributed by atoms with van der Waals surface area (Å²) in [4.78, 5) is 29.2. The number of rotatable bonds is 10. The van der Waals surface area contributed by atoms with Crippen LogP contribution in [-0.4, -0.2) is 23.0 Å². The Balaban J connectivity index is 1.46. The Morgan fingerprint density at radius 2 is 1.43 bits per heavy atom. The summed E-state index contributed by atoms with van der Waals surface area (Å²) in [6, 6.07) is 30.4. The fourth-order valence-electron chi connectivity index (χ4n) is 5.29. The maximum atomic E-state index is 14.1. The molecule has 2 N–H and O–H groups in total. The zero-order valence-corrected chi connectivity index (χ0v) is 23.0. The zero-order valence-electron chi connectivity index (χ0n) is 23.0. The Bertz CT molecular complexity index is 1450. The first-order valence-corrected chi connectivity index (χ1v) is 14.2. The van der Waals surface area contributed by atoms with Crippen LogP contribution in [0.4, 0.5) is 5.69 Å². The number of nitrogens with zero attached hydrogens (tertiary/aromatic N) is 1. The van der Waals surface area contributed by atoms with Crippen LogP contribution in [0.3, 0.4) is 0 Å². The number of unbranched alkanes of at least 4 members (excludes halogenated alkanes) is 3. The van der Waals surface area contributed by atoms with Crippen LogP contribution in [0.15, 0.2) is 97.1 Å². The highest BCUT2D eigenvalue weighted by atomic mass is 16.3. The number of fused-ring (bicyclic) bond motifs is 1. The topological polar surface area (TPSA) is 69.6 Å². The third kappa shape index (κ3) is 6.42. The molecular weight excluding hydrogens is 496 g/mol. The van der Waals surface area contributed by atoms with Crippen LogP contribution in [0.5, 0.6) is 5.75 Å². The van der Waals surface area contributed by atoms with Crippen molar-refractivity contribution in [1.29, 1.82) is 0 Å². The van der Waals surface area contributed by atoms with E-state index in [2.05, 4.69) is 48.6 Å². The summed E-state index contributed by atoms with van der Waals surface area (Å²) < 4.78 is 0. The minimum atomic E-state index is -0.721. The number of phenols is 1. The van der Waals surface area contributed by atoms with Gasteiger partial charge in [0.15, 0.2) is 0 Å². The predicted molar refractivity (Wildman–Crippen MR) is 160 cm³/mol. The van der Waals surface area contributed by atoms with Gasteiger partial charge < -0.3 is 15.3 Å². The first-order chi connectivity index (χ1) is 19.5. The largest absolute Gasteiger partial charge is 0.508 e. The van der Waals surface area contributed by atoms with Gasteiger partial charge in [-0.1, -0.05) is 99.0 Å². The average Bonchev–Trinajstić information content (AvgIpc) is 3.07. The first-order valence-electron chi connectivity index (χ1n) is 14.2. The number of amides is 2. The van der Waals surface area contributed by atoms with Gasteiger partial charge in [0.25, 0.3) is 5.91 Å². The monoisotopic (exact) mass is 532 g/mol. The lowest BCUT2D eigenvalue weighted by atomic mass is 10.0. The molecule has 2 amide bonds. The van der Waals surface area contributed by atoms with Crippen molar-refractivity contribution in [3.8, 4) is 16.9 Å². The van der Waals surface area contributed by atoms with E-state index in [4.69, 9.17) is 0 Å². The summed E-state index contributed by atoms with van der Waals surface area (Å²) in [6.45, 7) is 2.56. The standard InChI is InChI=1S/C35H36N2O3/c1-2-3-4-6-9-25-16-21-31-33(23-25)37(24-27-12-17-29(18-13-27)28-10-7-5-8-11-28)35(40)32(36-34(31)39)22-26-14-19-30(38)20-15-26/h5,7-8,10-21,23,32,38H,2-4,6,9,22,24H2,1H3,(H,36,39)/t32-/m0/s1. The molecule has 0 fully saturated rings. The molecule has 0 spiro atoms. The maximum Gasteiger partial charge on any atom is 0.254 e. The van der Waals surface area contributed by atoms with Crippen molar-refractivity contribution in [3.05, 3.63) is 119 Å². The second-order valence-electron chi connectivity index (χ2n) is 10.5. The molecule has 40 heavy (non-hydrogen) atoms. The van der Waals surface area contributed by atoms with Gasteiger partial charge in [0.05, 0.1) is 17.8 Å². The van der Waals surface area contributed by atoms with E-state index in [1.54, 1.807) is 29.2 Å². The number of benzene rings is 4. The van der Waals surface area contributed by atoms with Gasteiger partial charge >= 0.3 is 0 Å². The summed E-state index contributed by atoms with van der Waals surface area (Å²) in [6.07, 6.45) is 5.89. The summed E-state index contributed by atoms with van der Waals surface area (Å²) in [5.41, 5.74) is 6.42. The zero-order chi connectivity index (χ0) is 27.9. The molecule has 0 bridgehead atoms. The number of carbonyl (C=O) groups is 2. The molecule has 1 atom stereocenters. The van der Waals surface area contributed by atoms with Crippen LogP contribution in [0.25, 0.3) is 11.1 Å². The Morgan fingerprint density at radius 3 is 2.15 bits per heavy atom.